The van der Waals surface area contributed by atoms with E-state index < -0.39 is 0 Å². The Bertz CT molecular complexity index is 519. The molecule has 0 radical (unpaired) electrons. The second-order valence-electron chi connectivity index (χ2n) is 4.67. The molecule has 0 spiro atoms. The van der Waals surface area contributed by atoms with E-state index >= 15 is 0 Å². The summed E-state index contributed by atoms with van der Waals surface area (Å²) in [5.74, 6) is 0.837. The molecule has 0 atom stereocenters. The van der Waals surface area contributed by atoms with E-state index in [2.05, 4.69) is 53.0 Å². The van der Waals surface area contributed by atoms with Gasteiger partial charge in [0.1, 0.15) is 5.75 Å². The summed E-state index contributed by atoms with van der Waals surface area (Å²) < 4.78 is 6.49. The summed E-state index contributed by atoms with van der Waals surface area (Å²) >= 11 is 4.64. The van der Waals surface area contributed by atoms with Crippen LogP contribution in [0.25, 0.3) is 0 Å². The molecule has 0 saturated carbocycles. The molecule has 1 aromatic carbocycles. The van der Waals surface area contributed by atoms with Gasteiger partial charge in [0, 0.05) is 5.56 Å². The Morgan fingerprint density at radius 1 is 1.18 bits per heavy atom. The molecule has 0 fully saturated rings. The minimum absolute atomic E-state index is 0.0402. The predicted molar refractivity (Wildman–Crippen MR) is 72.8 cm³/mol. The molecule has 0 aliphatic heterocycles. The van der Waals surface area contributed by atoms with E-state index in [0.29, 0.717) is 5.19 Å². The second kappa shape index (κ2) is 4.74. The van der Waals surface area contributed by atoms with Crippen molar-refractivity contribution in [2.75, 3.05) is 0 Å². The van der Waals surface area contributed by atoms with Crippen molar-refractivity contribution in [1.82, 2.24) is 10.2 Å². The van der Waals surface area contributed by atoms with Crippen molar-refractivity contribution in [3.63, 3.8) is 0 Å². The lowest BCUT2D eigenvalue weighted by atomic mass is 9.86. The highest BCUT2D eigenvalue weighted by molar-refractivity contribution is 9.11. The number of hydrogen-bond donors (Lipinski definition) is 0. The molecular formula is C12H13BrN2OS. The van der Waals surface area contributed by atoms with Gasteiger partial charge in [0.25, 0.3) is 5.19 Å². The molecule has 2 rings (SSSR count). The van der Waals surface area contributed by atoms with E-state index in [4.69, 9.17) is 4.74 Å². The normalized spacial score (nSPS) is 11.5. The lowest BCUT2D eigenvalue weighted by Gasteiger charge is -2.21. The second-order valence-corrected chi connectivity index (χ2v) is 6.89. The van der Waals surface area contributed by atoms with Gasteiger partial charge in [-0.25, -0.2) is 0 Å². The van der Waals surface area contributed by atoms with Gasteiger partial charge in [0.2, 0.25) is 0 Å². The highest BCUT2D eigenvalue weighted by atomic mass is 79.9. The summed E-state index contributed by atoms with van der Waals surface area (Å²) in [4.78, 5) is 0. The first-order valence-corrected chi connectivity index (χ1v) is 6.84. The van der Waals surface area contributed by atoms with Crippen LogP contribution in [-0.4, -0.2) is 10.2 Å². The molecule has 2 aromatic rings. The van der Waals surface area contributed by atoms with Gasteiger partial charge in [0.05, 0.1) is 0 Å². The van der Waals surface area contributed by atoms with Gasteiger partial charge in [-0.2, -0.15) is 0 Å². The molecule has 0 aliphatic rings. The van der Waals surface area contributed by atoms with Crippen LogP contribution in [0.3, 0.4) is 0 Å². The maximum atomic E-state index is 5.77. The van der Waals surface area contributed by atoms with E-state index in [0.717, 1.165) is 15.2 Å². The zero-order valence-electron chi connectivity index (χ0n) is 9.90. The maximum Gasteiger partial charge on any atom is 0.300 e. The molecule has 0 aliphatic carbocycles. The van der Waals surface area contributed by atoms with Gasteiger partial charge in [0.15, 0.2) is 3.92 Å². The third-order valence-corrected chi connectivity index (χ3v) is 3.51. The number of nitrogens with zero attached hydrogens (tertiary/aromatic N) is 2. The number of para-hydroxylation sites is 1. The van der Waals surface area contributed by atoms with Crippen LogP contribution in [0.1, 0.15) is 26.3 Å². The minimum Gasteiger partial charge on any atom is -0.429 e. The number of aromatic nitrogens is 2. The van der Waals surface area contributed by atoms with Crippen LogP contribution in [-0.2, 0) is 5.41 Å². The molecule has 0 N–H and O–H groups in total. The van der Waals surface area contributed by atoms with Crippen molar-refractivity contribution in [1.29, 1.82) is 0 Å². The molecule has 1 heterocycles. The van der Waals surface area contributed by atoms with Crippen LogP contribution in [0, 0.1) is 0 Å². The van der Waals surface area contributed by atoms with Crippen molar-refractivity contribution in [3.05, 3.63) is 33.7 Å². The van der Waals surface area contributed by atoms with E-state index in [1.807, 2.05) is 18.2 Å². The van der Waals surface area contributed by atoms with Gasteiger partial charge >= 0.3 is 0 Å². The molecule has 17 heavy (non-hydrogen) atoms. The fourth-order valence-corrected chi connectivity index (χ4v) is 2.44. The van der Waals surface area contributed by atoms with Crippen molar-refractivity contribution >= 4 is 27.3 Å². The van der Waals surface area contributed by atoms with Crippen LogP contribution in [0.4, 0.5) is 0 Å². The Morgan fingerprint density at radius 2 is 1.88 bits per heavy atom. The monoisotopic (exact) mass is 312 g/mol. The zero-order valence-corrected chi connectivity index (χ0v) is 12.3. The van der Waals surface area contributed by atoms with E-state index in [1.54, 1.807) is 0 Å². The SMILES string of the molecule is CC(C)(C)c1ccccc1Oc1nnc(Br)s1. The first kappa shape index (κ1) is 12.5. The van der Waals surface area contributed by atoms with Crippen molar-refractivity contribution in [2.24, 2.45) is 0 Å². The molecule has 3 nitrogen and oxygen atoms in total. The Kier molecular flexibility index (Phi) is 3.49. The number of halogens is 1. The van der Waals surface area contributed by atoms with Crippen molar-refractivity contribution in [3.8, 4) is 10.9 Å². The fraction of sp³-hybridized carbons (Fsp3) is 0.333. The zero-order chi connectivity index (χ0) is 12.5. The summed E-state index contributed by atoms with van der Waals surface area (Å²) in [5, 5.41) is 8.35. The highest BCUT2D eigenvalue weighted by Gasteiger charge is 2.19. The Labute approximate surface area is 113 Å². The summed E-state index contributed by atoms with van der Waals surface area (Å²) in [6.45, 7) is 6.47. The number of ether oxygens (including phenoxy) is 1. The van der Waals surface area contributed by atoms with Gasteiger partial charge in [-0.3, -0.25) is 0 Å². The predicted octanol–water partition coefficient (Wildman–Crippen LogP) is 4.39. The van der Waals surface area contributed by atoms with Crippen LogP contribution in [0.5, 0.6) is 10.9 Å². The minimum atomic E-state index is 0.0402. The average Bonchev–Trinajstić information content (AvgIpc) is 2.63. The lowest BCUT2D eigenvalue weighted by Crippen LogP contribution is -2.12. The number of rotatable bonds is 2. The average molecular weight is 313 g/mol. The first-order chi connectivity index (χ1) is 7.97. The van der Waals surface area contributed by atoms with Crippen LogP contribution < -0.4 is 4.74 Å². The topological polar surface area (TPSA) is 35.0 Å². The molecule has 90 valence electrons. The quantitative estimate of drug-likeness (QED) is 0.825. The molecule has 1 aromatic heterocycles. The van der Waals surface area contributed by atoms with Crippen molar-refractivity contribution < 1.29 is 4.74 Å². The van der Waals surface area contributed by atoms with Gasteiger partial charge in [-0.15, -0.1) is 5.10 Å². The fourth-order valence-electron chi connectivity index (χ4n) is 1.50. The smallest absolute Gasteiger partial charge is 0.300 e. The van der Waals surface area contributed by atoms with Gasteiger partial charge in [-0.05, 0) is 38.7 Å². The van der Waals surface area contributed by atoms with Crippen molar-refractivity contribution in [2.45, 2.75) is 26.2 Å². The third-order valence-electron chi connectivity index (χ3n) is 2.27. The lowest BCUT2D eigenvalue weighted by molar-refractivity contribution is 0.448. The van der Waals surface area contributed by atoms with E-state index in [1.165, 1.54) is 11.3 Å². The summed E-state index contributed by atoms with van der Waals surface area (Å²) in [7, 11) is 0. The molecule has 0 unspecified atom stereocenters. The molecule has 5 heteroatoms. The van der Waals surface area contributed by atoms with Crippen LogP contribution >= 0.6 is 27.3 Å². The maximum absolute atomic E-state index is 5.77. The first-order valence-electron chi connectivity index (χ1n) is 5.23. The third kappa shape index (κ3) is 3.04. The van der Waals surface area contributed by atoms with Crippen LogP contribution in [0.2, 0.25) is 0 Å². The standard InChI is InChI=1S/C12H13BrN2OS/c1-12(2,3)8-6-4-5-7-9(8)16-11-15-14-10(13)17-11/h4-7H,1-3H3. The number of hydrogen-bond acceptors (Lipinski definition) is 4. The summed E-state index contributed by atoms with van der Waals surface area (Å²) in [6, 6.07) is 8.01. The van der Waals surface area contributed by atoms with Crippen LogP contribution in [0.15, 0.2) is 28.2 Å². The Hall–Kier alpha value is -0.940. The molecule has 0 bridgehead atoms. The Balaban J connectivity index is 2.33. The molecule has 0 amide bonds. The molecular weight excluding hydrogens is 300 g/mol. The summed E-state index contributed by atoms with van der Waals surface area (Å²) in [6.07, 6.45) is 0. The largest absolute Gasteiger partial charge is 0.429 e. The van der Waals surface area contributed by atoms with E-state index in [9.17, 15) is 0 Å². The number of benzene rings is 1. The highest BCUT2D eigenvalue weighted by Crippen LogP contribution is 2.35. The van der Waals surface area contributed by atoms with E-state index in [-0.39, 0.29) is 5.41 Å². The molecule has 0 saturated heterocycles. The summed E-state index contributed by atoms with van der Waals surface area (Å²) in [5.41, 5.74) is 1.20. The van der Waals surface area contributed by atoms with Gasteiger partial charge in [-0.1, -0.05) is 44.1 Å². The van der Waals surface area contributed by atoms with Gasteiger partial charge < -0.3 is 4.74 Å². The Morgan fingerprint density at radius 3 is 2.47 bits per heavy atom.